The number of hydrogen-bond donors (Lipinski definition) is 2. The Morgan fingerprint density at radius 3 is 2.43 bits per heavy atom. The van der Waals surface area contributed by atoms with Gasteiger partial charge in [0.25, 0.3) is 0 Å². The van der Waals surface area contributed by atoms with Crippen LogP contribution in [0.5, 0.6) is 5.75 Å². The summed E-state index contributed by atoms with van der Waals surface area (Å²) in [6, 6.07) is 7.10. The fourth-order valence-corrected chi connectivity index (χ4v) is 2.92. The van der Waals surface area contributed by atoms with Crippen molar-refractivity contribution in [3.63, 3.8) is 0 Å². The summed E-state index contributed by atoms with van der Waals surface area (Å²) < 4.78 is 72.8. The number of fused-ring (bicyclic) bond motifs is 1. The number of nitriles is 1. The molecule has 5 nitrogen and oxygen atoms in total. The molecule has 1 aromatic heterocycles. The van der Waals surface area contributed by atoms with Gasteiger partial charge in [0.1, 0.15) is 30.2 Å². The Morgan fingerprint density at radius 1 is 1.29 bits per heavy atom. The molecule has 3 rings (SSSR count). The van der Waals surface area contributed by atoms with E-state index in [2.05, 4.69) is 4.98 Å². The van der Waals surface area contributed by atoms with Crippen molar-refractivity contribution >= 4 is 0 Å². The number of benzene rings is 1. The van der Waals surface area contributed by atoms with E-state index in [1.165, 1.54) is 12.1 Å². The second-order valence-corrected chi connectivity index (χ2v) is 6.42. The van der Waals surface area contributed by atoms with Crippen LogP contribution in [0.1, 0.15) is 11.3 Å². The van der Waals surface area contributed by atoms with Crippen LogP contribution in [-0.2, 0) is 11.0 Å². The maximum absolute atomic E-state index is 13.7. The van der Waals surface area contributed by atoms with Gasteiger partial charge in [-0.15, -0.1) is 0 Å². The minimum Gasteiger partial charge on any atom is -0.489 e. The van der Waals surface area contributed by atoms with E-state index < -0.39 is 48.5 Å². The summed E-state index contributed by atoms with van der Waals surface area (Å²) in [5.74, 6) is -0.697. The van der Waals surface area contributed by atoms with E-state index in [9.17, 15) is 32.3 Å². The molecule has 2 aromatic rings. The van der Waals surface area contributed by atoms with Crippen LogP contribution in [0.4, 0.5) is 22.0 Å². The fraction of sp³-hybridized carbons (Fsp3) is 0.333. The number of hydrogen-bond acceptors (Lipinski definition) is 5. The smallest absolute Gasteiger partial charge is 0.424 e. The van der Waals surface area contributed by atoms with Gasteiger partial charge in [0, 0.05) is 17.7 Å². The first-order valence-corrected chi connectivity index (χ1v) is 8.03. The lowest BCUT2D eigenvalue weighted by Crippen LogP contribution is -2.49. The zero-order valence-electron chi connectivity index (χ0n) is 14.2. The van der Waals surface area contributed by atoms with Gasteiger partial charge in [-0.25, -0.2) is 13.8 Å². The molecule has 0 unspecified atom stereocenters. The molecule has 1 aliphatic heterocycles. The molecule has 1 aromatic carbocycles. The standard InChI is InChI=1S/C18H14F5N3O2/c19-6-16(7-24)9-28-15-12(16)5-13(17(27,8-25)18(21,22)23)26-14(15)10-1-3-11(20)4-2-10/h1-5,27H,6,8-9,25H2/t16-,17-/m0/s1. The zero-order valence-corrected chi connectivity index (χ0v) is 14.2. The molecule has 0 radical (unpaired) electrons. The topological polar surface area (TPSA) is 92.2 Å². The van der Waals surface area contributed by atoms with E-state index >= 15 is 0 Å². The van der Waals surface area contributed by atoms with Gasteiger partial charge in [0.05, 0.1) is 11.8 Å². The van der Waals surface area contributed by atoms with Crippen LogP contribution in [0.15, 0.2) is 30.3 Å². The minimum atomic E-state index is -5.19. The molecular formula is C18H14F5N3O2. The molecule has 1 aliphatic rings. The number of halogens is 5. The number of ether oxygens (including phenoxy) is 1. The molecular weight excluding hydrogens is 385 g/mol. The van der Waals surface area contributed by atoms with Crippen molar-refractivity contribution in [2.75, 3.05) is 19.8 Å². The van der Waals surface area contributed by atoms with E-state index in [0.717, 1.165) is 18.2 Å². The summed E-state index contributed by atoms with van der Waals surface area (Å²) in [5.41, 5.74) is -1.32. The normalized spacial score (nSPS) is 20.8. The van der Waals surface area contributed by atoms with Gasteiger partial charge >= 0.3 is 6.18 Å². The van der Waals surface area contributed by atoms with Gasteiger partial charge in [0.15, 0.2) is 5.75 Å². The third-order valence-electron chi connectivity index (χ3n) is 4.70. The van der Waals surface area contributed by atoms with Crippen LogP contribution < -0.4 is 10.5 Å². The van der Waals surface area contributed by atoms with Crippen LogP contribution in [0.2, 0.25) is 0 Å². The Morgan fingerprint density at radius 2 is 1.93 bits per heavy atom. The highest BCUT2D eigenvalue weighted by molar-refractivity contribution is 5.71. The molecule has 0 spiro atoms. The average Bonchev–Trinajstić information content (AvgIpc) is 3.05. The number of alkyl halides is 4. The molecule has 3 N–H and O–H groups in total. The summed E-state index contributed by atoms with van der Waals surface area (Å²) in [6.07, 6.45) is -5.19. The van der Waals surface area contributed by atoms with Crippen molar-refractivity contribution in [3.05, 3.63) is 47.4 Å². The highest BCUT2D eigenvalue weighted by atomic mass is 19.4. The van der Waals surface area contributed by atoms with Crippen molar-refractivity contribution in [1.82, 2.24) is 4.98 Å². The monoisotopic (exact) mass is 399 g/mol. The van der Waals surface area contributed by atoms with Gasteiger partial charge in [-0.05, 0) is 30.3 Å². The molecule has 0 aliphatic carbocycles. The number of aromatic nitrogens is 1. The van der Waals surface area contributed by atoms with Crippen LogP contribution >= 0.6 is 0 Å². The Labute approximate surface area is 156 Å². The third-order valence-corrected chi connectivity index (χ3v) is 4.70. The summed E-state index contributed by atoms with van der Waals surface area (Å²) in [7, 11) is 0. The SMILES string of the molecule is N#C[C@@]1(CF)COc2c1cc([C@@](O)(CN)C(F)(F)F)nc2-c1ccc(F)cc1. The largest absolute Gasteiger partial charge is 0.489 e. The molecule has 28 heavy (non-hydrogen) atoms. The maximum atomic E-state index is 13.7. The van der Waals surface area contributed by atoms with Crippen molar-refractivity contribution in [2.45, 2.75) is 17.2 Å². The molecule has 10 heteroatoms. The van der Waals surface area contributed by atoms with Crippen molar-refractivity contribution in [1.29, 1.82) is 5.26 Å². The van der Waals surface area contributed by atoms with Gasteiger partial charge in [-0.2, -0.15) is 18.4 Å². The van der Waals surface area contributed by atoms with Crippen LogP contribution in [-0.4, -0.2) is 36.1 Å². The Bertz CT molecular complexity index is 942. The van der Waals surface area contributed by atoms with Gasteiger partial charge in [-0.3, -0.25) is 0 Å². The third kappa shape index (κ3) is 2.87. The number of nitrogens with two attached hydrogens (primary N) is 1. The van der Waals surface area contributed by atoms with Crippen LogP contribution in [0.25, 0.3) is 11.3 Å². The summed E-state index contributed by atoms with van der Waals surface area (Å²) in [4.78, 5) is 3.86. The van der Waals surface area contributed by atoms with Gasteiger partial charge < -0.3 is 15.6 Å². The molecule has 0 fully saturated rings. The molecule has 0 bridgehead atoms. The number of rotatable bonds is 4. The Hall–Kier alpha value is -2.77. The summed E-state index contributed by atoms with van der Waals surface area (Å²) in [5, 5.41) is 19.6. The van der Waals surface area contributed by atoms with Crippen molar-refractivity contribution < 1.29 is 31.8 Å². The second kappa shape index (κ2) is 6.68. The first-order chi connectivity index (χ1) is 13.1. The predicted molar refractivity (Wildman–Crippen MR) is 87.4 cm³/mol. The number of nitrogens with zero attached hydrogens (tertiary/aromatic N) is 2. The van der Waals surface area contributed by atoms with Crippen molar-refractivity contribution in [2.24, 2.45) is 5.73 Å². The lowest BCUT2D eigenvalue weighted by Gasteiger charge is -2.29. The minimum absolute atomic E-state index is 0.101. The van der Waals surface area contributed by atoms with E-state index in [1.807, 2.05) is 0 Å². The lowest BCUT2D eigenvalue weighted by atomic mass is 9.83. The van der Waals surface area contributed by atoms with Gasteiger partial charge in [-0.1, -0.05) is 0 Å². The molecule has 2 atom stereocenters. The maximum Gasteiger partial charge on any atom is 0.424 e. The summed E-state index contributed by atoms with van der Waals surface area (Å²) >= 11 is 0. The average molecular weight is 399 g/mol. The highest BCUT2D eigenvalue weighted by Gasteiger charge is 2.56. The second-order valence-electron chi connectivity index (χ2n) is 6.42. The van der Waals surface area contributed by atoms with E-state index in [1.54, 1.807) is 6.07 Å². The van der Waals surface area contributed by atoms with Crippen LogP contribution in [0.3, 0.4) is 0 Å². The van der Waals surface area contributed by atoms with Gasteiger partial charge in [0.2, 0.25) is 5.60 Å². The number of aliphatic hydroxyl groups is 1. The fourth-order valence-electron chi connectivity index (χ4n) is 2.92. The Balaban J connectivity index is 2.34. The molecule has 2 heterocycles. The Kier molecular flexibility index (Phi) is 4.77. The molecule has 0 saturated heterocycles. The number of pyridine rings is 1. The molecule has 0 amide bonds. The molecule has 0 saturated carbocycles. The zero-order chi connectivity index (χ0) is 20.7. The van der Waals surface area contributed by atoms with E-state index in [4.69, 9.17) is 10.5 Å². The highest BCUT2D eigenvalue weighted by Crippen LogP contribution is 2.47. The van der Waals surface area contributed by atoms with E-state index in [0.29, 0.717) is 0 Å². The molecule has 148 valence electrons. The first-order valence-electron chi connectivity index (χ1n) is 8.03. The van der Waals surface area contributed by atoms with Crippen LogP contribution in [0, 0.1) is 17.1 Å². The lowest BCUT2D eigenvalue weighted by molar-refractivity contribution is -0.263. The first kappa shape index (κ1) is 20.0. The van der Waals surface area contributed by atoms with E-state index in [-0.39, 0.29) is 22.6 Å². The predicted octanol–water partition coefficient (Wildman–Crippen LogP) is 2.72. The van der Waals surface area contributed by atoms with Crippen molar-refractivity contribution in [3.8, 4) is 23.1 Å². The summed E-state index contributed by atoms with van der Waals surface area (Å²) in [6.45, 7) is -2.92. The quantitative estimate of drug-likeness (QED) is 0.772.